The predicted molar refractivity (Wildman–Crippen MR) is 153 cm³/mol. The number of phenols is 1. The van der Waals surface area contributed by atoms with E-state index in [0.717, 1.165) is 0 Å². The zero-order valence-electron chi connectivity index (χ0n) is 23.7. The lowest BCUT2D eigenvalue weighted by atomic mass is 9.97. The van der Waals surface area contributed by atoms with Crippen LogP contribution in [-0.4, -0.2) is 94.7 Å². The maximum atomic E-state index is 12.9. The lowest BCUT2D eigenvalue weighted by Crippen LogP contribution is -2.57. The summed E-state index contributed by atoms with van der Waals surface area (Å²) < 4.78 is 0. The quantitative estimate of drug-likeness (QED) is 0.0464. The van der Waals surface area contributed by atoms with Gasteiger partial charge in [-0.1, -0.05) is 32.4 Å². The Balaban J connectivity index is 2.70. The summed E-state index contributed by atoms with van der Waals surface area (Å²) in [6.45, 7) is 2.26. The average molecular weight is 595 g/mol. The van der Waals surface area contributed by atoms with Gasteiger partial charge in [-0.3, -0.25) is 24.2 Å². The summed E-state index contributed by atoms with van der Waals surface area (Å²) in [5.74, 6) is -4.78. The van der Waals surface area contributed by atoms with Gasteiger partial charge in [-0.25, -0.2) is 4.79 Å². The van der Waals surface area contributed by atoms with E-state index in [4.69, 9.17) is 17.2 Å². The third-order valence-corrected chi connectivity index (χ3v) is 6.34. The van der Waals surface area contributed by atoms with E-state index >= 15 is 0 Å². The van der Waals surface area contributed by atoms with Crippen LogP contribution in [0.3, 0.4) is 0 Å². The molecule has 0 unspecified atom stereocenters. The van der Waals surface area contributed by atoms with Gasteiger partial charge in [0.2, 0.25) is 23.6 Å². The molecule has 0 bridgehead atoms. The van der Waals surface area contributed by atoms with Gasteiger partial charge in [0.1, 0.15) is 23.9 Å². The maximum absolute atomic E-state index is 12.9. The van der Waals surface area contributed by atoms with Crippen molar-refractivity contribution in [1.29, 1.82) is 0 Å². The van der Waals surface area contributed by atoms with Crippen LogP contribution in [0.4, 0.5) is 0 Å². The fourth-order valence-corrected chi connectivity index (χ4v) is 3.69. The molecule has 0 aliphatic heterocycles. The number of carbonyl (C=O) groups excluding carboxylic acids is 4. The maximum Gasteiger partial charge on any atom is 0.326 e. The molecule has 16 heteroatoms. The Labute approximate surface area is 243 Å². The van der Waals surface area contributed by atoms with Crippen molar-refractivity contribution < 1.29 is 39.3 Å². The summed E-state index contributed by atoms with van der Waals surface area (Å²) in [5, 5.41) is 37.8. The highest BCUT2D eigenvalue weighted by atomic mass is 16.4. The minimum atomic E-state index is -1.49. The Morgan fingerprint density at radius 2 is 1.60 bits per heavy atom. The number of hydrogen-bond acceptors (Lipinski definition) is 9. The Morgan fingerprint density at radius 1 is 0.952 bits per heavy atom. The standard InChI is InChI=1S/C26H42N8O8/c1-3-14(2)21(34-22(38)17(27)11-15-6-8-16(36)9-7-15)24(40)31-12-20(37)32-19(13-35)23(39)33-18(25(41)42)5-4-10-30-26(28)29/h6-9,14,17-19,21,35-36H,3-5,10-13,27H2,1-2H3,(H,31,40)(H,32,37)(H,33,39)(H,34,38)(H,41,42)(H4,28,29,30)/t14-,17+,18+,19+,21-/m0/s1. The summed E-state index contributed by atoms with van der Waals surface area (Å²) in [4.78, 5) is 65.8. The summed E-state index contributed by atoms with van der Waals surface area (Å²) in [7, 11) is 0. The predicted octanol–water partition coefficient (Wildman–Crippen LogP) is -2.99. The molecule has 0 heterocycles. The first-order chi connectivity index (χ1) is 19.8. The molecule has 0 saturated heterocycles. The number of hydrogen-bond donors (Lipinski definition) is 10. The summed E-state index contributed by atoms with van der Waals surface area (Å²) >= 11 is 0. The number of benzene rings is 1. The number of nitrogens with two attached hydrogens (primary N) is 3. The molecule has 42 heavy (non-hydrogen) atoms. The fourth-order valence-electron chi connectivity index (χ4n) is 3.69. The van der Waals surface area contributed by atoms with Crippen LogP contribution < -0.4 is 38.5 Å². The summed E-state index contributed by atoms with van der Waals surface area (Å²) in [6, 6.07) is 1.36. The number of nitrogens with zero attached hydrogens (tertiary/aromatic N) is 1. The number of guanidine groups is 1. The number of carbonyl (C=O) groups is 5. The number of carboxylic acids is 1. The third-order valence-electron chi connectivity index (χ3n) is 6.34. The summed E-state index contributed by atoms with van der Waals surface area (Å²) in [6.07, 6.45) is 0.905. The average Bonchev–Trinajstić information content (AvgIpc) is 2.94. The molecule has 0 aliphatic rings. The van der Waals surface area contributed by atoms with Crippen LogP contribution in [0.25, 0.3) is 0 Å². The minimum Gasteiger partial charge on any atom is -0.508 e. The number of phenolic OH excluding ortho intramolecular Hbond substituents is 1. The highest BCUT2D eigenvalue weighted by Crippen LogP contribution is 2.12. The fraction of sp³-hybridized carbons (Fsp3) is 0.538. The first-order valence-corrected chi connectivity index (χ1v) is 13.4. The van der Waals surface area contributed by atoms with E-state index in [1.54, 1.807) is 19.1 Å². The van der Waals surface area contributed by atoms with Gasteiger partial charge in [-0.05, 0) is 42.9 Å². The number of nitrogens with one attached hydrogen (secondary N) is 4. The van der Waals surface area contributed by atoms with E-state index in [-0.39, 0.29) is 43.4 Å². The Bertz CT molecular complexity index is 1090. The van der Waals surface area contributed by atoms with E-state index in [9.17, 15) is 39.3 Å². The largest absolute Gasteiger partial charge is 0.508 e. The lowest BCUT2D eigenvalue weighted by Gasteiger charge is -2.25. The van der Waals surface area contributed by atoms with Crippen LogP contribution in [0, 0.1) is 5.92 Å². The Hall–Kier alpha value is -4.44. The van der Waals surface area contributed by atoms with Crippen molar-refractivity contribution in [3.8, 4) is 5.75 Å². The molecule has 1 rings (SSSR count). The van der Waals surface area contributed by atoms with Crippen LogP contribution >= 0.6 is 0 Å². The van der Waals surface area contributed by atoms with Gasteiger partial charge in [-0.2, -0.15) is 0 Å². The first-order valence-electron chi connectivity index (χ1n) is 13.4. The zero-order valence-corrected chi connectivity index (χ0v) is 23.7. The van der Waals surface area contributed by atoms with Gasteiger partial charge in [0.05, 0.1) is 19.2 Å². The van der Waals surface area contributed by atoms with Crippen molar-refractivity contribution in [3.05, 3.63) is 29.8 Å². The van der Waals surface area contributed by atoms with E-state index < -0.39 is 66.9 Å². The van der Waals surface area contributed by atoms with Crippen LogP contribution in [-0.2, 0) is 30.4 Å². The number of aliphatic carboxylic acids is 1. The number of amides is 4. The molecular weight excluding hydrogens is 552 g/mol. The number of carboxylic acid groups (broad SMARTS) is 1. The number of aliphatic imine (C=N–C) groups is 1. The molecule has 4 amide bonds. The Morgan fingerprint density at radius 3 is 2.14 bits per heavy atom. The third kappa shape index (κ3) is 12.8. The molecule has 234 valence electrons. The number of rotatable bonds is 18. The van der Waals surface area contributed by atoms with Gasteiger partial charge in [0, 0.05) is 6.54 Å². The van der Waals surface area contributed by atoms with Gasteiger partial charge in [0.15, 0.2) is 5.96 Å². The van der Waals surface area contributed by atoms with Gasteiger partial charge < -0.3 is 53.8 Å². The van der Waals surface area contributed by atoms with Crippen molar-refractivity contribution in [2.75, 3.05) is 19.7 Å². The second kappa shape index (κ2) is 18.1. The second-order valence-electron chi connectivity index (χ2n) is 9.72. The molecule has 0 aromatic heterocycles. The molecule has 13 N–H and O–H groups in total. The van der Waals surface area contributed by atoms with Crippen molar-refractivity contribution in [2.24, 2.45) is 28.1 Å². The van der Waals surface area contributed by atoms with Crippen molar-refractivity contribution in [1.82, 2.24) is 21.3 Å². The van der Waals surface area contributed by atoms with Crippen molar-refractivity contribution >= 4 is 35.6 Å². The topological polar surface area (TPSA) is 285 Å². The first kappa shape index (κ1) is 35.6. The van der Waals surface area contributed by atoms with Crippen LogP contribution in [0.15, 0.2) is 29.3 Å². The van der Waals surface area contributed by atoms with E-state index in [2.05, 4.69) is 26.3 Å². The number of aromatic hydroxyl groups is 1. The SMILES string of the molecule is CC[C@H](C)[C@H](NC(=O)[C@H](N)Cc1ccc(O)cc1)C(=O)NCC(=O)N[C@H](CO)C(=O)N[C@H](CCCN=C(N)N)C(=O)O. The lowest BCUT2D eigenvalue weighted by molar-refractivity contribution is -0.142. The van der Waals surface area contributed by atoms with Gasteiger partial charge >= 0.3 is 5.97 Å². The minimum absolute atomic E-state index is 0.0126. The molecule has 1 aromatic carbocycles. The van der Waals surface area contributed by atoms with Crippen molar-refractivity contribution in [3.63, 3.8) is 0 Å². The molecule has 5 atom stereocenters. The van der Waals surface area contributed by atoms with E-state index in [0.29, 0.717) is 12.0 Å². The molecule has 0 fully saturated rings. The second-order valence-corrected chi connectivity index (χ2v) is 9.72. The normalized spacial score (nSPS) is 14.3. The van der Waals surface area contributed by atoms with E-state index in [1.165, 1.54) is 12.1 Å². The molecule has 1 aromatic rings. The van der Waals surface area contributed by atoms with E-state index in [1.807, 2.05) is 6.92 Å². The number of aliphatic hydroxyl groups is 1. The van der Waals surface area contributed by atoms with Gasteiger partial charge in [0.25, 0.3) is 0 Å². The zero-order chi connectivity index (χ0) is 31.8. The highest BCUT2D eigenvalue weighted by molar-refractivity contribution is 5.94. The van der Waals surface area contributed by atoms with Crippen LogP contribution in [0.1, 0.15) is 38.7 Å². The Kier molecular flexibility index (Phi) is 15.3. The van der Waals surface area contributed by atoms with Gasteiger partial charge in [-0.15, -0.1) is 0 Å². The van der Waals surface area contributed by atoms with Crippen LogP contribution in [0.5, 0.6) is 5.75 Å². The summed E-state index contributed by atoms with van der Waals surface area (Å²) in [5.41, 5.74) is 17.2. The smallest absolute Gasteiger partial charge is 0.326 e. The van der Waals surface area contributed by atoms with Crippen LogP contribution in [0.2, 0.25) is 0 Å². The molecule has 0 spiro atoms. The molecule has 0 radical (unpaired) electrons. The molecule has 0 saturated carbocycles. The number of aliphatic hydroxyl groups excluding tert-OH is 1. The molecular formula is C26H42N8O8. The molecule has 16 nitrogen and oxygen atoms in total. The molecule has 0 aliphatic carbocycles. The monoisotopic (exact) mass is 594 g/mol. The highest BCUT2D eigenvalue weighted by Gasteiger charge is 2.29. The van der Waals surface area contributed by atoms with Crippen molar-refractivity contribution in [2.45, 2.75) is 63.7 Å².